The summed E-state index contributed by atoms with van der Waals surface area (Å²) < 4.78 is 10.1. The fourth-order valence-electron chi connectivity index (χ4n) is 1.81. The van der Waals surface area contributed by atoms with Crippen LogP contribution in [0.25, 0.3) is 10.9 Å². The van der Waals surface area contributed by atoms with Gasteiger partial charge in [0.15, 0.2) is 5.69 Å². The molecule has 2 aromatic heterocycles. The number of aromatic nitrogens is 3. The number of benzene rings is 1. The first-order valence-corrected chi connectivity index (χ1v) is 6.19. The molecule has 0 saturated heterocycles. The van der Waals surface area contributed by atoms with Crippen LogP contribution >= 0.6 is 0 Å². The van der Waals surface area contributed by atoms with Crippen molar-refractivity contribution in [2.24, 2.45) is 0 Å². The Morgan fingerprint density at radius 1 is 1.10 bits per heavy atom. The highest BCUT2D eigenvalue weighted by atomic mass is 16.5. The van der Waals surface area contributed by atoms with Gasteiger partial charge in [-0.2, -0.15) is 0 Å². The molecule has 0 amide bonds. The lowest BCUT2D eigenvalue weighted by molar-refractivity contribution is 0.0593. The number of fused-ring (bicyclic) bond motifs is 1. The Morgan fingerprint density at radius 2 is 2.00 bits per heavy atom. The van der Waals surface area contributed by atoms with Crippen LogP contribution in [0.3, 0.4) is 0 Å². The molecule has 0 aliphatic heterocycles. The number of pyridine rings is 1. The summed E-state index contributed by atoms with van der Waals surface area (Å²) in [5.74, 6) is 0.350. The molecule has 1 aromatic carbocycles. The maximum atomic E-state index is 11.3. The highest BCUT2D eigenvalue weighted by Crippen LogP contribution is 2.22. The lowest BCUT2D eigenvalue weighted by atomic mass is 10.2. The molecule has 0 bridgehead atoms. The Labute approximate surface area is 120 Å². The summed E-state index contributed by atoms with van der Waals surface area (Å²) in [4.78, 5) is 23.5. The summed E-state index contributed by atoms with van der Waals surface area (Å²) in [6.45, 7) is 0. The van der Waals surface area contributed by atoms with Crippen LogP contribution in [0.15, 0.2) is 48.9 Å². The number of carbonyl (C=O) groups is 1. The Morgan fingerprint density at radius 3 is 2.76 bits per heavy atom. The van der Waals surface area contributed by atoms with Crippen molar-refractivity contribution >= 4 is 16.9 Å². The van der Waals surface area contributed by atoms with Gasteiger partial charge in [0.05, 0.1) is 25.0 Å². The van der Waals surface area contributed by atoms with Crippen molar-refractivity contribution < 1.29 is 14.3 Å². The molecule has 3 aromatic rings. The molecular weight excluding hydrogens is 270 g/mol. The zero-order valence-electron chi connectivity index (χ0n) is 11.2. The average molecular weight is 281 g/mol. The standard InChI is InChI=1S/C15H11N3O3/c1-20-15(19)13-8-18-14(9-17-13)21-11-5-4-10-3-2-6-16-12(10)7-11/h2-9H,1H3. The molecule has 3 rings (SSSR count). The van der Waals surface area contributed by atoms with E-state index in [2.05, 4.69) is 19.7 Å². The smallest absolute Gasteiger partial charge is 0.358 e. The molecule has 2 heterocycles. The molecule has 0 fully saturated rings. The first-order valence-electron chi connectivity index (χ1n) is 6.19. The van der Waals surface area contributed by atoms with E-state index >= 15 is 0 Å². The van der Waals surface area contributed by atoms with Crippen molar-refractivity contribution in [2.45, 2.75) is 0 Å². The lowest BCUT2D eigenvalue weighted by Gasteiger charge is -2.05. The van der Waals surface area contributed by atoms with Gasteiger partial charge < -0.3 is 9.47 Å². The predicted molar refractivity (Wildman–Crippen MR) is 75.2 cm³/mol. The van der Waals surface area contributed by atoms with Crippen molar-refractivity contribution in [1.29, 1.82) is 0 Å². The summed E-state index contributed by atoms with van der Waals surface area (Å²) in [6.07, 6.45) is 4.40. The average Bonchev–Trinajstić information content (AvgIpc) is 2.55. The first-order chi connectivity index (χ1) is 10.3. The number of carbonyl (C=O) groups excluding carboxylic acids is 1. The van der Waals surface area contributed by atoms with E-state index in [4.69, 9.17) is 4.74 Å². The Kier molecular flexibility index (Phi) is 3.42. The summed E-state index contributed by atoms with van der Waals surface area (Å²) in [5.41, 5.74) is 0.958. The van der Waals surface area contributed by atoms with Gasteiger partial charge in [-0.15, -0.1) is 0 Å². The van der Waals surface area contributed by atoms with Crippen LogP contribution in [-0.4, -0.2) is 28.0 Å². The van der Waals surface area contributed by atoms with Gasteiger partial charge in [-0.05, 0) is 18.2 Å². The second-order valence-corrected chi connectivity index (χ2v) is 4.19. The second-order valence-electron chi connectivity index (χ2n) is 4.19. The van der Waals surface area contributed by atoms with Crippen molar-refractivity contribution in [3.05, 3.63) is 54.6 Å². The molecule has 0 N–H and O–H groups in total. The van der Waals surface area contributed by atoms with Gasteiger partial charge in [-0.1, -0.05) is 6.07 Å². The third-order valence-corrected chi connectivity index (χ3v) is 2.82. The molecule has 0 aliphatic rings. The highest BCUT2D eigenvalue weighted by Gasteiger charge is 2.08. The van der Waals surface area contributed by atoms with E-state index in [0.29, 0.717) is 5.75 Å². The normalized spacial score (nSPS) is 10.3. The number of methoxy groups -OCH3 is 1. The van der Waals surface area contributed by atoms with Gasteiger partial charge in [0, 0.05) is 17.6 Å². The number of ether oxygens (including phenoxy) is 2. The van der Waals surface area contributed by atoms with Crippen molar-refractivity contribution in [1.82, 2.24) is 15.0 Å². The summed E-state index contributed by atoms with van der Waals surface area (Å²) in [7, 11) is 1.29. The molecule has 0 aliphatic carbocycles. The largest absolute Gasteiger partial charge is 0.464 e. The zero-order chi connectivity index (χ0) is 14.7. The van der Waals surface area contributed by atoms with Crippen LogP contribution in [0, 0.1) is 0 Å². The molecule has 0 unspecified atom stereocenters. The minimum Gasteiger partial charge on any atom is -0.464 e. The molecule has 104 valence electrons. The summed E-state index contributed by atoms with van der Waals surface area (Å²) >= 11 is 0. The van der Waals surface area contributed by atoms with E-state index in [1.54, 1.807) is 6.20 Å². The number of nitrogens with zero attached hydrogens (tertiary/aromatic N) is 3. The lowest BCUT2D eigenvalue weighted by Crippen LogP contribution is -2.04. The summed E-state index contributed by atoms with van der Waals surface area (Å²) in [6, 6.07) is 9.38. The first kappa shape index (κ1) is 13.0. The Balaban J connectivity index is 1.83. The Bertz CT molecular complexity index is 788. The number of hydrogen-bond acceptors (Lipinski definition) is 6. The van der Waals surface area contributed by atoms with Crippen LogP contribution < -0.4 is 4.74 Å². The molecule has 21 heavy (non-hydrogen) atoms. The van der Waals surface area contributed by atoms with E-state index in [-0.39, 0.29) is 11.6 Å². The molecular formula is C15H11N3O3. The molecule has 0 radical (unpaired) electrons. The van der Waals surface area contributed by atoms with Gasteiger partial charge in [-0.25, -0.2) is 14.8 Å². The van der Waals surface area contributed by atoms with Crippen LogP contribution in [0.2, 0.25) is 0 Å². The monoisotopic (exact) mass is 281 g/mol. The third kappa shape index (κ3) is 2.79. The van der Waals surface area contributed by atoms with E-state index in [1.165, 1.54) is 19.5 Å². The molecule has 6 nitrogen and oxygen atoms in total. The third-order valence-electron chi connectivity index (χ3n) is 2.82. The minimum absolute atomic E-state index is 0.130. The van der Waals surface area contributed by atoms with E-state index in [0.717, 1.165) is 10.9 Å². The molecule has 6 heteroatoms. The maximum Gasteiger partial charge on any atom is 0.358 e. The van der Waals surface area contributed by atoms with E-state index < -0.39 is 5.97 Å². The molecule has 0 atom stereocenters. The topological polar surface area (TPSA) is 74.2 Å². The Hall–Kier alpha value is -3.02. The van der Waals surface area contributed by atoms with Crippen molar-refractivity contribution in [3.63, 3.8) is 0 Å². The van der Waals surface area contributed by atoms with Crippen LogP contribution in [0.1, 0.15) is 10.5 Å². The number of rotatable bonds is 3. The summed E-state index contributed by atoms with van der Waals surface area (Å²) in [5, 5.41) is 1.02. The van der Waals surface area contributed by atoms with Gasteiger partial charge in [0.25, 0.3) is 0 Å². The highest BCUT2D eigenvalue weighted by molar-refractivity contribution is 5.86. The van der Waals surface area contributed by atoms with Gasteiger partial charge in [0.1, 0.15) is 5.75 Å². The predicted octanol–water partition coefficient (Wildman–Crippen LogP) is 2.60. The fraction of sp³-hybridized carbons (Fsp3) is 0.0667. The van der Waals surface area contributed by atoms with Gasteiger partial charge in [0.2, 0.25) is 5.88 Å². The van der Waals surface area contributed by atoms with Gasteiger partial charge >= 0.3 is 5.97 Å². The van der Waals surface area contributed by atoms with Gasteiger partial charge in [-0.3, -0.25) is 4.98 Å². The van der Waals surface area contributed by atoms with Crippen LogP contribution in [0.5, 0.6) is 11.6 Å². The van der Waals surface area contributed by atoms with E-state index in [1.807, 2.05) is 30.3 Å². The van der Waals surface area contributed by atoms with Crippen molar-refractivity contribution in [3.8, 4) is 11.6 Å². The maximum absolute atomic E-state index is 11.3. The van der Waals surface area contributed by atoms with E-state index in [9.17, 15) is 4.79 Å². The quantitative estimate of drug-likeness (QED) is 0.687. The number of esters is 1. The second kappa shape index (κ2) is 5.54. The molecule has 0 spiro atoms. The van der Waals surface area contributed by atoms with Crippen molar-refractivity contribution in [2.75, 3.05) is 7.11 Å². The SMILES string of the molecule is COC(=O)c1cnc(Oc2ccc3cccnc3c2)cn1. The van der Waals surface area contributed by atoms with Crippen LogP contribution in [-0.2, 0) is 4.74 Å². The zero-order valence-corrected chi connectivity index (χ0v) is 11.2. The number of hydrogen-bond donors (Lipinski definition) is 0. The van der Waals surface area contributed by atoms with Crippen LogP contribution in [0.4, 0.5) is 0 Å². The fourth-order valence-corrected chi connectivity index (χ4v) is 1.81. The minimum atomic E-state index is -0.538. The molecule has 0 saturated carbocycles.